The summed E-state index contributed by atoms with van der Waals surface area (Å²) < 4.78 is 0. The van der Waals surface area contributed by atoms with Crippen molar-refractivity contribution in [2.75, 3.05) is 5.32 Å². The molecule has 1 aromatic carbocycles. The number of aryl methyl sites for hydroxylation is 1. The smallest absolute Gasteiger partial charge is 0.116 e. The standard InChI is InChI=1S/C33H32N6/c1-4-7-28(24-12-14-34-15-13-24)29-18-32(37-22(29)3)33-30-17-25(10-11-31(30)38-39-33)26-16-27(20-35-19-26)36-21(2)23-8-5-6-9-23/h4,7,10-20,23,36-37H,1-2,5-6,8-9H2,3H3,(H,38,39)/b28-7-. The maximum absolute atomic E-state index is 4.69. The summed E-state index contributed by atoms with van der Waals surface area (Å²) in [5, 5.41) is 12.4. The largest absolute Gasteiger partial charge is 0.358 e. The number of allylic oxidation sites excluding steroid dienone is 3. The van der Waals surface area contributed by atoms with Gasteiger partial charge in [-0.25, -0.2) is 0 Å². The van der Waals surface area contributed by atoms with Gasteiger partial charge < -0.3 is 10.3 Å². The van der Waals surface area contributed by atoms with Crippen LogP contribution in [0.15, 0.2) is 98.3 Å². The molecule has 0 unspecified atom stereocenters. The van der Waals surface area contributed by atoms with Gasteiger partial charge in [0.2, 0.25) is 0 Å². The third kappa shape index (κ3) is 4.93. The molecule has 6 rings (SSSR count). The van der Waals surface area contributed by atoms with Crippen molar-refractivity contribution in [2.24, 2.45) is 5.92 Å². The highest BCUT2D eigenvalue weighted by Crippen LogP contribution is 2.35. The summed E-state index contributed by atoms with van der Waals surface area (Å²) in [7, 11) is 0. The molecule has 0 atom stereocenters. The number of pyridine rings is 2. The lowest BCUT2D eigenvalue weighted by Crippen LogP contribution is -2.07. The van der Waals surface area contributed by atoms with Crippen LogP contribution in [0.2, 0.25) is 0 Å². The summed E-state index contributed by atoms with van der Waals surface area (Å²) >= 11 is 0. The molecule has 0 saturated heterocycles. The first-order valence-corrected chi connectivity index (χ1v) is 13.4. The van der Waals surface area contributed by atoms with Crippen LogP contribution >= 0.6 is 0 Å². The Morgan fingerprint density at radius 2 is 1.82 bits per heavy atom. The van der Waals surface area contributed by atoms with Gasteiger partial charge in [0.15, 0.2) is 0 Å². The van der Waals surface area contributed by atoms with Crippen LogP contribution in [-0.2, 0) is 0 Å². The average Bonchev–Trinajstić information content (AvgIpc) is 3.72. The van der Waals surface area contributed by atoms with E-state index in [-0.39, 0.29) is 0 Å². The van der Waals surface area contributed by atoms with E-state index in [1.165, 1.54) is 25.7 Å². The van der Waals surface area contributed by atoms with Gasteiger partial charge in [-0.1, -0.05) is 44.2 Å². The number of benzene rings is 1. The monoisotopic (exact) mass is 512 g/mol. The Hall–Kier alpha value is -4.71. The van der Waals surface area contributed by atoms with Gasteiger partial charge in [-0.3, -0.25) is 15.1 Å². The molecule has 0 bridgehead atoms. The van der Waals surface area contributed by atoms with Gasteiger partial charge in [0.25, 0.3) is 0 Å². The Labute approximate surface area is 228 Å². The molecule has 3 N–H and O–H groups in total. The van der Waals surface area contributed by atoms with Crippen LogP contribution in [0.3, 0.4) is 0 Å². The molecule has 1 saturated carbocycles. The second kappa shape index (κ2) is 10.6. The normalized spacial score (nSPS) is 14.1. The lowest BCUT2D eigenvalue weighted by Gasteiger charge is -2.16. The fourth-order valence-corrected chi connectivity index (χ4v) is 5.58. The van der Waals surface area contributed by atoms with Crippen molar-refractivity contribution in [3.8, 4) is 22.5 Å². The Morgan fingerprint density at radius 1 is 1.00 bits per heavy atom. The van der Waals surface area contributed by atoms with Gasteiger partial charge in [-0.05, 0) is 78.8 Å². The molecule has 0 radical (unpaired) electrons. The zero-order valence-electron chi connectivity index (χ0n) is 22.2. The van der Waals surface area contributed by atoms with E-state index in [1.54, 1.807) is 0 Å². The maximum atomic E-state index is 4.69. The van der Waals surface area contributed by atoms with E-state index in [9.17, 15) is 0 Å². The molecule has 4 aromatic heterocycles. The molecule has 4 heterocycles. The summed E-state index contributed by atoms with van der Waals surface area (Å²) in [5.41, 5.74) is 11.4. The van der Waals surface area contributed by atoms with Gasteiger partial charge in [0.1, 0.15) is 5.69 Å². The van der Waals surface area contributed by atoms with Crippen molar-refractivity contribution in [1.29, 1.82) is 0 Å². The van der Waals surface area contributed by atoms with E-state index in [4.69, 9.17) is 0 Å². The molecule has 1 aliphatic rings. The van der Waals surface area contributed by atoms with E-state index in [0.717, 1.165) is 67.2 Å². The minimum atomic E-state index is 0.549. The molecule has 1 aliphatic carbocycles. The molecule has 1 fully saturated rings. The molecule has 6 heteroatoms. The summed E-state index contributed by atoms with van der Waals surface area (Å²) in [4.78, 5) is 12.2. The second-order valence-corrected chi connectivity index (χ2v) is 10.2. The van der Waals surface area contributed by atoms with Crippen molar-refractivity contribution in [1.82, 2.24) is 25.1 Å². The third-order valence-electron chi connectivity index (χ3n) is 7.62. The molecular formula is C33H32N6. The van der Waals surface area contributed by atoms with E-state index in [2.05, 4.69) is 80.9 Å². The van der Waals surface area contributed by atoms with Gasteiger partial charge in [-0.15, -0.1) is 0 Å². The number of aromatic nitrogens is 5. The number of nitrogens with one attached hydrogen (secondary N) is 3. The lowest BCUT2D eigenvalue weighted by atomic mass is 9.98. The maximum Gasteiger partial charge on any atom is 0.116 e. The van der Waals surface area contributed by atoms with Crippen molar-refractivity contribution in [3.05, 3.63) is 115 Å². The second-order valence-electron chi connectivity index (χ2n) is 10.2. The zero-order valence-corrected chi connectivity index (χ0v) is 22.2. The first-order valence-electron chi connectivity index (χ1n) is 13.4. The van der Waals surface area contributed by atoms with E-state index >= 15 is 0 Å². The number of aromatic amines is 2. The number of H-pyrrole nitrogens is 2. The van der Waals surface area contributed by atoms with Crippen LogP contribution in [0.5, 0.6) is 0 Å². The number of rotatable bonds is 8. The highest BCUT2D eigenvalue weighted by atomic mass is 15.1. The van der Waals surface area contributed by atoms with Crippen LogP contribution in [0.1, 0.15) is 42.5 Å². The van der Waals surface area contributed by atoms with Gasteiger partial charge in [0, 0.05) is 46.5 Å². The highest BCUT2D eigenvalue weighted by molar-refractivity contribution is 5.96. The van der Waals surface area contributed by atoms with E-state index in [1.807, 2.05) is 49.1 Å². The molecule has 39 heavy (non-hydrogen) atoms. The zero-order chi connectivity index (χ0) is 26.8. The predicted octanol–water partition coefficient (Wildman–Crippen LogP) is 8.06. The molecule has 0 amide bonds. The minimum absolute atomic E-state index is 0.549. The van der Waals surface area contributed by atoms with Crippen molar-refractivity contribution in [2.45, 2.75) is 32.6 Å². The molecule has 0 aliphatic heterocycles. The van der Waals surface area contributed by atoms with Crippen molar-refractivity contribution in [3.63, 3.8) is 0 Å². The topological polar surface area (TPSA) is 82.3 Å². The summed E-state index contributed by atoms with van der Waals surface area (Å²) in [5.74, 6) is 0.549. The number of nitrogens with zero attached hydrogens (tertiary/aromatic N) is 3. The first kappa shape index (κ1) is 24.6. The van der Waals surface area contributed by atoms with Gasteiger partial charge in [-0.2, -0.15) is 5.10 Å². The summed E-state index contributed by atoms with van der Waals surface area (Å²) in [6.45, 7) is 10.3. The number of hydrogen-bond donors (Lipinski definition) is 3. The van der Waals surface area contributed by atoms with Crippen molar-refractivity contribution < 1.29 is 0 Å². The number of fused-ring (bicyclic) bond motifs is 1. The van der Waals surface area contributed by atoms with Gasteiger partial charge >= 0.3 is 0 Å². The predicted molar refractivity (Wildman–Crippen MR) is 160 cm³/mol. The molecule has 5 aromatic rings. The van der Waals surface area contributed by atoms with Crippen LogP contribution in [0.25, 0.3) is 39.0 Å². The van der Waals surface area contributed by atoms with E-state index in [0.29, 0.717) is 5.92 Å². The summed E-state index contributed by atoms with van der Waals surface area (Å²) in [6.07, 6.45) is 16.2. The first-order chi connectivity index (χ1) is 19.1. The fraction of sp³-hybridized carbons (Fsp3) is 0.182. The minimum Gasteiger partial charge on any atom is -0.358 e. The Balaban J connectivity index is 1.34. The van der Waals surface area contributed by atoms with Crippen LogP contribution in [0, 0.1) is 12.8 Å². The molecule has 6 nitrogen and oxygen atoms in total. The Kier molecular flexibility index (Phi) is 6.68. The molecule has 0 spiro atoms. The Bertz CT molecular complexity index is 1680. The Morgan fingerprint density at radius 3 is 2.62 bits per heavy atom. The summed E-state index contributed by atoms with van der Waals surface area (Å²) in [6, 6.07) is 14.7. The van der Waals surface area contributed by atoms with Crippen LogP contribution < -0.4 is 5.32 Å². The highest BCUT2D eigenvalue weighted by Gasteiger charge is 2.19. The lowest BCUT2D eigenvalue weighted by molar-refractivity contribution is 0.649. The molecular weight excluding hydrogens is 480 g/mol. The number of hydrogen-bond acceptors (Lipinski definition) is 4. The number of anilines is 1. The van der Waals surface area contributed by atoms with Crippen molar-refractivity contribution >= 4 is 22.2 Å². The van der Waals surface area contributed by atoms with E-state index < -0.39 is 0 Å². The van der Waals surface area contributed by atoms with Crippen LogP contribution in [0.4, 0.5) is 5.69 Å². The fourth-order valence-electron chi connectivity index (χ4n) is 5.58. The average molecular weight is 513 g/mol. The van der Waals surface area contributed by atoms with Crippen LogP contribution in [-0.4, -0.2) is 25.1 Å². The third-order valence-corrected chi connectivity index (χ3v) is 7.62. The quantitative estimate of drug-likeness (QED) is 0.184. The molecule has 194 valence electrons. The van der Waals surface area contributed by atoms with Gasteiger partial charge in [0.05, 0.1) is 23.1 Å². The SMILES string of the molecule is C=C/C=C(/c1ccncc1)c1cc(-c2n[nH]c3ccc(-c4cncc(NC(=C)C5CCCC5)c4)cc23)[nH]c1C.